The van der Waals surface area contributed by atoms with Gasteiger partial charge in [0, 0.05) is 6.04 Å². The Bertz CT molecular complexity index is 425. The van der Waals surface area contributed by atoms with E-state index in [2.05, 4.69) is 10.6 Å². The van der Waals surface area contributed by atoms with Gasteiger partial charge in [-0.25, -0.2) is 0 Å². The van der Waals surface area contributed by atoms with Crippen molar-refractivity contribution in [3.8, 4) is 0 Å². The monoisotopic (exact) mass is 296 g/mol. The van der Waals surface area contributed by atoms with Crippen LogP contribution in [-0.4, -0.2) is 23.9 Å². The van der Waals surface area contributed by atoms with E-state index in [-0.39, 0.29) is 23.8 Å². The first-order chi connectivity index (χ1) is 9.49. The maximum absolute atomic E-state index is 12.3. The van der Waals surface area contributed by atoms with Crippen LogP contribution in [0.25, 0.3) is 0 Å². The van der Waals surface area contributed by atoms with Gasteiger partial charge in [0.15, 0.2) is 0 Å². The molecule has 4 nitrogen and oxygen atoms in total. The Balaban J connectivity index is 2.69. The van der Waals surface area contributed by atoms with Crippen LogP contribution >= 0.6 is 11.3 Å². The van der Waals surface area contributed by atoms with E-state index in [1.807, 2.05) is 39.1 Å². The van der Waals surface area contributed by atoms with Crippen molar-refractivity contribution in [3.63, 3.8) is 0 Å². The van der Waals surface area contributed by atoms with E-state index in [0.29, 0.717) is 4.88 Å². The second kappa shape index (κ2) is 8.04. The van der Waals surface area contributed by atoms with Crippen LogP contribution in [0.5, 0.6) is 0 Å². The third-order valence-corrected chi connectivity index (χ3v) is 4.18. The van der Waals surface area contributed by atoms with Crippen molar-refractivity contribution < 1.29 is 9.59 Å². The maximum atomic E-state index is 12.3. The Morgan fingerprint density at radius 1 is 1.20 bits per heavy atom. The molecule has 1 heterocycles. The molecular weight excluding hydrogens is 272 g/mol. The second-order valence-electron chi connectivity index (χ2n) is 5.19. The lowest BCUT2D eigenvalue weighted by molar-refractivity contribution is -0.124. The molecule has 1 unspecified atom stereocenters. The van der Waals surface area contributed by atoms with Crippen LogP contribution in [0.1, 0.15) is 50.2 Å². The Labute approximate surface area is 125 Å². The molecule has 0 saturated carbocycles. The van der Waals surface area contributed by atoms with E-state index in [4.69, 9.17) is 0 Å². The lowest BCUT2D eigenvalue weighted by atomic mass is 10.0. The quantitative estimate of drug-likeness (QED) is 0.813. The number of carbonyl (C=O) groups excluding carboxylic acids is 2. The smallest absolute Gasteiger partial charge is 0.262 e. The number of rotatable bonds is 7. The summed E-state index contributed by atoms with van der Waals surface area (Å²) in [6.45, 7) is 7.96. The fourth-order valence-electron chi connectivity index (χ4n) is 1.94. The number of hydrogen-bond acceptors (Lipinski definition) is 3. The third-order valence-electron chi connectivity index (χ3n) is 3.31. The minimum atomic E-state index is -0.495. The summed E-state index contributed by atoms with van der Waals surface area (Å²) in [6, 6.07) is 3.26. The number of carbonyl (C=O) groups is 2. The molecule has 0 fully saturated rings. The maximum Gasteiger partial charge on any atom is 0.262 e. The number of thiophene rings is 1. The lowest BCUT2D eigenvalue weighted by Gasteiger charge is -2.24. The fraction of sp³-hybridized carbons (Fsp3) is 0.600. The van der Waals surface area contributed by atoms with Crippen molar-refractivity contribution >= 4 is 23.2 Å². The van der Waals surface area contributed by atoms with Gasteiger partial charge in [-0.3, -0.25) is 9.59 Å². The van der Waals surface area contributed by atoms with Crippen LogP contribution < -0.4 is 10.6 Å². The number of hydrogen-bond donors (Lipinski definition) is 2. The molecule has 1 aromatic rings. The zero-order valence-corrected chi connectivity index (χ0v) is 13.4. The van der Waals surface area contributed by atoms with Gasteiger partial charge in [-0.05, 0) is 30.2 Å². The van der Waals surface area contributed by atoms with Crippen molar-refractivity contribution in [2.24, 2.45) is 5.92 Å². The predicted molar refractivity (Wildman–Crippen MR) is 82.9 cm³/mol. The summed E-state index contributed by atoms with van der Waals surface area (Å²) in [6.07, 6.45) is 1.79. The number of nitrogens with one attached hydrogen (secondary N) is 2. The molecule has 0 spiro atoms. The molecule has 0 bridgehead atoms. The average Bonchev–Trinajstić information content (AvgIpc) is 2.95. The molecule has 1 atom stereocenters. The molecule has 20 heavy (non-hydrogen) atoms. The highest BCUT2D eigenvalue weighted by Gasteiger charge is 2.26. The van der Waals surface area contributed by atoms with Gasteiger partial charge >= 0.3 is 0 Å². The molecule has 2 N–H and O–H groups in total. The molecule has 5 heteroatoms. The minimum absolute atomic E-state index is 0.0493. The normalized spacial score (nSPS) is 12.5. The Kier molecular flexibility index (Phi) is 6.71. The molecule has 2 amide bonds. The van der Waals surface area contributed by atoms with E-state index in [1.165, 1.54) is 11.3 Å². The average molecular weight is 296 g/mol. The van der Waals surface area contributed by atoms with Crippen molar-refractivity contribution in [2.75, 3.05) is 0 Å². The first kappa shape index (κ1) is 16.7. The van der Waals surface area contributed by atoms with E-state index >= 15 is 0 Å². The molecular formula is C15H24N2O2S. The summed E-state index contributed by atoms with van der Waals surface area (Å²) in [7, 11) is 0. The van der Waals surface area contributed by atoms with Gasteiger partial charge in [-0.2, -0.15) is 0 Å². The molecule has 0 aromatic carbocycles. The van der Waals surface area contributed by atoms with Crippen LogP contribution in [0.2, 0.25) is 0 Å². The second-order valence-corrected chi connectivity index (χ2v) is 6.14. The highest BCUT2D eigenvalue weighted by atomic mass is 32.1. The van der Waals surface area contributed by atoms with Crippen molar-refractivity contribution in [2.45, 2.75) is 52.6 Å². The molecule has 0 aliphatic rings. The minimum Gasteiger partial charge on any atom is -0.352 e. The lowest BCUT2D eigenvalue weighted by Crippen LogP contribution is -2.51. The molecule has 0 aliphatic carbocycles. The summed E-state index contributed by atoms with van der Waals surface area (Å²) in [5.41, 5.74) is 0. The molecule has 0 saturated heterocycles. The van der Waals surface area contributed by atoms with Gasteiger partial charge in [0.1, 0.15) is 6.04 Å². The summed E-state index contributed by atoms with van der Waals surface area (Å²) in [5.74, 6) is -0.231. The van der Waals surface area contributed by atoms with Gasteiger partial charge in [0.25, 0.3) is 5.91 Å². The Morgan fingerprint density at radius 3 is 2.30 bits per heavy atom. The van der Waals surface area contributed by atoms with Crippen LogP contribution in [0.3, 0.4) is 0 Å². The number of amides is 2. The highest BCUT2D eigenvalue weighted by Crippen LogP contribution is 2.10. The summed E-state index contributed by atoms with van der Waals surface area (Å²) in [5, 5.41) is 7.68. The van der Waals surface area contributed by atoms with Crippen LogP contribution in [-0.2, 0) is 4.79 Å². The summed E-state index contributed by atoms with van der Waals surface area (Å²) >= 11 is 1.38. The van der Waals surface area contributed by atoms with Gasteiger partial charge in [-0.1, -0.05) is 33.8 Å². The van der Waals surface area contributed by atoms with Crippen molar-refractivity contribution in [3.05, 3.63) is 22.4 Å². The molecule has 112 valence electrons. The molecule has 1 rings (SSSR count). The first-order valence-corrected chi connectivity index (χ1v) is 8.02. The van der Waals surface area contributed by atoms with Gasteiger partial charge in [-0.15, -0.1) is 11.3 Å². The zero-order chi connectivity index (χ0) is 15.1. The van der Waals surface area contributed by atoms with Gasteiger partial charge in [0.05, 0.1) is 4.88 Å². The van der Waals surface area contributed by atoms with Crippen LogP contribution in [0.4, 0.5) is 0 Å². The van der Waals surface area contributed by atoms with E-state index in [0.717, 1.165) is 12.8 Å². The fourth-order valence-corrected chi connectivity index (χ4v) is 2.57. The van der Waals surface area contributed by atoms with Crippen LogP contribution in [0, 0.1) is 5.92 Å². The molecule has 0 radical (unpaired) electrons. The highest BCUT2D eigenvalue weighted by molar-refractivity contribution is 7.12. The van der Waals surface area contributed by atoms with Gasteiger partial charge < -0.3 is 10.6 Å². The van der Waals surface area contributed by atoms with E-state index in [9.17, 15) is 9.59 Å². The SMILES string of the molecule is CCC(CC)NC(=O)C(NC(=O)c1cccs1)C(C)C. The van der Waals surface area contributed by atoms with Crippen molar-refractivity contribution in [1.29, 1.82) is 0 Å². The molecule has 1 aromatic heterocycles. The zero-order valence-electron chi connectivity index (χ0n) is 12.6. The van der Waals surface area contributed by atoms with E-state index < -0.39 is 6.04 Å². The third kappa shape index (κ3) is 4.63. The largest absolute Gasteiger partial charge is 0.352 e. The van der Waals surface area contributed by atoms with Crippen molar-refractivity contribution in [1.82, 2.24) is 10.6 Å². The Morgan fingerprint density at radius 2 is 1.85 bits per heavy atom. The van der Waals surface area contributed by atoms with Crippen LogP contribution in [0.15, 0.2) is 17.5 Å². The Hall–Kier alpha value is -1.36. The van der Waals surface area contributed by atoms with E-state index in [1.54, 1.807) is 6.07 Å². The topological polar surface area (TPSA) is 58.2 Å². The summed E-state index contributed by atoms with van der Waals surface area (Å²) < 4.78 is 0. The van der Waals surface area contributed by atoms with Gasteiger partial charge in [0.2, 0.25) is 5.91 Å². The standard InChI is InChI=1S/C15H24N2O2S/c1-5-11(6-2)16-15(19)13(10(3)4)17-14(18)12-8-7-9-20-12/h7-11,13H,5-6H2,1-4H3,(H,16,19)(H,17,18). The molecule has 0 aliphatic heterocycles. The first-order valence-electron chi connectivity index (χ1n) is 7.14. The summed E-state index contributed by atoms with van der Waals surface area (Å²) in [4.78, 5) is 25.0. The predicted octanol–water partition coefficient (Wildman–Crippen LogP) is 2.81.